The third-order valence-corrected chi connectivity index (χ3v) is 3.37. The molecule has 0 saturated heterocycles. The lowest BCUT2D eigenvalue weighted by Gasteiger charge is -2.01. The lowest BCUT2D eigenvalue weighted by atomic mass is 10.3. The summed E-state index contributed by atoms with van der Waals surface area (Å²) >= 11 is 5.66. The van der Waals surface area contributed by atoms with Gasteiger partial charge in [0.15, 0.2) is 0 Å². The third-order valence-electron chi connectivity index (χ3n) is 1.81. The van der Waals surface area contributed by atoms with Crippen LogP contribution in [0.1, 0.15) is 0 Å². The summed E-state index contributed by atoms with van der Waals surface area (Å²) in [4.78, 5) is 7.60. The van der Waals surface area contributed by atoms with Crippen molar-refractivity contribution in [3.05, 3.63) is 29.7 Å². The monoisotopic (exact) mass is 262 g/mol. The molecular formula is C8H4Cl2N2O2S. The molecule has 0 atom stereocenters. The molecule has 0 unspecified atom stereocenters. The second kappa shape index (κ2) is 3.59. The molecule has 0 spiro atoms. The second-order valence-electron chi connectivity index (χ2n) is 2.78. The second-order valence-corrected chi connectivity index (χ2v) is 5.70. The van der Waals surface area contributed by atoms with Crippen LogP contribution >= 0.6 is 22.3 Å². The van der Waals surface area contributed by atoms with E-state index in [1.807, 2.05) is 0 Å². The van der Waals surface area contributed by atoms with Gasteiger partial charge < -0.3 is 0 Å². The first-order valence-corrected chi connectivity index (χ1v) is 6.52. The van der Waals surface area contributed by atoms with Crippen molar-refractivity contribution in [2.24, 2.45) is 0 Å². The number of fused-ring (bicyclic) bond motifs is 1. The van der Waals surface area contributed by atoms with E-state index < -0.39 is 9.05 Å². The Morgan fingerprint density at radius 1 is 1.20 bits per heavy atom. The van der Waals surface area contributed by atoms with Gasteiger partial charge in [0.2, 0.25) is 0 Å². The summed E-state index contributed by atoms with van der Waals surface area (Å²) in [5.41, 5.74) is 0.393. The summed E-state index contributed by atoms with van der Waals surface area (Å²) in [5.74, 6) is 0. The Morgan fingerprint density at radius 3 is 2.60 bits per heavy atom. The fraction of sp³-hybridized carbons (Fsp3) is 0. The Hall–Kier alpha value is -0.910. The highest BCUT2D eigenvalue weighted by Gasteiger charge is 2.15. The van der Waals surface area contributed by atoms with Gasteiger partial charge in [-0.2, -0.15) is 0 Å². The first-order valence-electron chi connectivity index (χ1n) is 3.83. The largest absolute Gasteiger partial charge is 0.263 e. The zero-order valence-corrected chi connectivity index (χ0v) is 9.51. The molecule has 0 saturated carbocycles. The van der Waals surface area contributed by atoms with Crippen molar-refractivity contribution in [2.45, 2.75) is 4.90 Å². The standard InChI is InChI=1S/C8H4Cl2N2O2S/c9-8-2-1-5-6(12-8)3-11-4-7(5)15(10,13)14/h1-4H. The molecule has 0 aliphatic heterocycles. The zero-order valence-electron chi connectivity index (χ0n) is 7.18. The zero-order chi connectivity index (χ0) is 11.1. The fourth-order valence-corrected chi connectivity index (χ4v) is 2.34. The molecule has 0 fully saturated rings. The normalized spacial score (nSPS) is 11.9. The van der Waals surface area contributed by atoms with Crippen molar-refractivity contribution in [1.29, 1.82) is 0 Å². The van der Waals surface area contributed by atoms with Gasteiger partial charge in [0.05, 0.1) is 11.7 Å². The fourth-order valence-electron chi connectivity index (χ4n) is 1.20. The summed E-state index contributed by atoms with van der Waals surface area (Å²) in [6, 6.07) is 3.04. The van der Waals surface area contributed by atoms with Gasteiger partial charge in [-0.25, -0.2) is 13.4 Å². The van der Waals surface area contributed by atoms with Gasteiger partial charge in [0.25, 0.3) is 9.05 Å². The maximum atomic E-state index is 11.2. The quantitative estimate of drug-likeness (QED) is 0.584. The average molecular weight is 263 g/mol. The van der Waals surface area contributed by atoms with Crippen molar-refractivity contribution in [3.63, 3.8) is 0 Å². The predicted octanol–water partition coefficient (Wildman–Crippen LogP) is 2.21. The van der Waals surface area contributed by atoms with Crippen LogP contribution in [0.3, 0.4) is 0 Å². The number of nitrogens with zero attached hydrogens (tertiary/aromatic N) is 2. The Balaban J connectivity index is 2.89. The lowest BCUT2D eigenvalue weighted by molar-refractivity contribution is 0.610. The summed E-state index contributed by atoms with van der Waals surface area (Å²) in [6.07, 6.45) is 2.60. The predicted molar refractivity (Wildman–Crippen MR) is 57.6 cm³/mol. The van der Waals surface area contributed by atoms with Crippen LogP contribution in [0, 0.1) is 0 Å². The minimum atomic E-state index is -3.82. The van der Waals surface area contributed by atoms with Gasteiger partial charge in [-0.3, -0.25) is 4.98 Å². The van der Waals surface area contributed by atoms with Crippen LogP contribution in [0.25, 0.3) is 10.9 Å². The molecule has 0 bridgehead atoms. The average Bonchev–Trinajstić information content (AvgIpc) is 2.15. The van der Waals surface area contributed by atoms with Crippen molar-refractivity contribution in [1.82, 2.24) is 9.97 Å². The van der Waals surface area contributed by atoms with Crippen LogP contribution in [-0.4, -0.2) is 18.4 Å². The van der Waals surface area contributed by atoms with Crippen LogP contribution in [0.5, 0.6) is 0 Å². The van der Waals surface area contributed by atoms with Crippen molar-refractivity contribution in [2.75, 3.05) is 0 Å². The minimum Gasteiger partial charge on any atom is -0.261 e. The number of rotatable bonds is 1. The molecule has 0 aliphatic carbocycles. The van der Waals surface area contributed by atoms with Gasteiger partial charge in [0, 0.05) is 22.3 Å². The van der Waals surface area contributed by atoms with Gasteiger partial charge in [-0.15, -0.1) is 0 Å². The summed E-state index contributed by atoms with van der Waals surface area (Å²) < 4.78 is 22.4. The molecule has 2 aromatic rings. The number of hydrogen-bond acceptors (Lipinski definition) is 4. The van der Waals surface area contributed by atoms with Crippen molar-refractivity contribution < 1.29 is 8.42 Å². The van der Waals surface area contributed by atoms with Gasteiger partial charge in [0.1, 0.15) is 10.0 Å². The van der Waals surface area contributed by atoms with E-state index >= 15 is 0 Å². The summed E-state index contributed by atoms with van der Waals surface area (Å²) in [5, 5.41) is 0.679. The molecule has 7 heteroatoms. The molecule has 0 aromatic carbocycles. The molecule has 2 aromatic heterocycles. The topological polar surface area (TPSA) is 59.9 Å². The maximum absolute atomic E-state index is 11.2. The Labute approximate surface area is 95.3 Å². The molecule has 2 rings (SSSR count). The first-order chi connectivity index (χ1) is 6.98. The van der Waals surface area contributed by atoms with E-state index in [1.54, 1.807) is 6.07 Å². The van der Waals surface area contributed by atoms with Gasteiger partial charge in [-0.05, 0) is 12.1 Å². The van der Waals surface area contributed by atoms with E-state index in [0.717, 1.165) is 0 Å². The molecule has 0 N–H and O–H groups in total. The number of pyridine rings is 2. The molecule has 4 nitrogen and oxygen atoms in total. The Kier molecular flexibility index (Phi) is 2.54. The van der Waals surface area contributed by atoms with E-state index in [2.05, 4.69) is 9.97 Å². The molecular weight excluding hydrogens is 259 g/mol. The van der Waals surface area contributed by atoms with E-state index in [4.69, 9.17) is 22.3 Å². The Bertz CT molecular complexity index is 628. The van der Waals surface area contributed by atoms with Gasteiger partial charge in [-0.1, -0.05) is 11.6 Å². The molecule has 0 radical (unpaired) electrons. The van der Waals surface area contributed by atoms with Crippen LogP contribution in [-0.2, 0) is 9.05 Å². The molecule has 2 heterocycles. The number of halogens is 2. The van der Waals surface area contributed by atoms with Gasteiger partial charge >= 0.3 is 0 Å². The smallest absolute Gasteiger partial charge is 0.261 e. The highest BCUT2D eigenvalue weighted by Crippen LogP contribution is 2.24. The van der Waals surface area contributed by atoms with Crippen LogP contribution in [0.2, 0.25) is 5.15 Å². The lowest BCUT2D eigenvalue weighted by Crippen LogP contribution is -1.94. The van der Waals surface area contributed by atoms with E-state index in [1.165, 1.54) is 18.5 Å². The highest BCUT2D eigenvalue weighted by molar-refractivity contribution is 8.14. The van der Waals surface area contributed by atoms with Crippen molar-refractivity contribution in [3.8, 4) is 0 Å². The van der Waals surface area contributed by atoms with E-state index in [-0.39, 0.29) is 10.0 Å². The summed E-state index contributed by atoms with van der Waals surface area (Å²) in [6.45, 7) is 0. The molecule has 0 amide bonds. The minimum absolute atomic E-state index is 0.0640. The van der Waals surface area contributed by atoms with Crippen LogP contribution < -0.4 is 0 Å². The first kappa shape index (κ1) is 10.6. The number of aromatic nitrogens is 2. The van der Waals surface area contributed by atoms with E-state index in [0.29, 0.717) is 10.9 Å². The maximum Gasteiger partial charge on any atom is 0.263 e. The van der Waals surface area contributed by atoms with E-state index in [9.17, 15) is 8.42 Å². The van der Waals surface area contributed by atoms with Crippen molar-refractivity contribution >= 4 is 42.2 Å². The van der Waals surface area contributed by atoms with Crippen LogP contribution in [0.4, 0.5) is 0 Å². The summed E-state index contributed by atoms with van der Waals surface area (Å²) in [7, 11) is 1.43. The Morgan fingerprint density at radius 2 is 1.93 bits per heavy atom. The highest BCUT2D eigenvalue weighted by atomic mass is 35.7. The molecule has 15 heavy (non-hydrogen) atoms. The van der Waals surface area contributed by atoms with Crippen LogP contribution in [0.15, 0.2) is 29.4 Å². The SMILES string of the molecule is O=S(=O)(Cl)c1cncc2nc(Cl)ccc12. The number of hydrogen-bond donors (Lipinski definition) is 0. The molecule has 78 valence electrons. The third kappa shape index (κ3) is 2.04. The molecule has 0 aliphatic rings.